The zero-order chi connectivity index (χ0) is 27.1. The van der Waals surface area contributed by atoms with E-state index in [2.05, 4.69) is 0 Å². The van der Waals surface area contributed by atoms with E-state index in [4.69, 9.17) is 0 Å². The van der Waals surface area contributed by atoms with Gasteiger partial charge >= 0.3 is 47.6 Å². The largest absolute Gasteiger partial charge is 0.460 e. The standard InChI is InChI=1S/C14H11F17OS/c1-6(2-4-32)33-5-3-7(15,16)8(17,18)9(19,20)10(21,22)11(23,24)12(25,26)13(27,28)14(29,30)31/h4,6H,2-3,5H2,1H3. The van der Waals surface area contributed by atoms with E-state index < -0.39 is 71.5 Å². The maximum Gasteiger partial charge on any atom is 0.460 e. The third-order valence-electron chi connectivity index (χ3n) is 4.03. The molecule has 0 saturated carbocycles. The second kappa shape index (κ2) is 9.13. The van der Waals surface area contributed by atoms with Gasteiger partial charge in [0.15, 0.2) is 0 Å². The number of carbonyl (C=O) groups excluding carboxylic acids is 1. The highest BCUT2D eigenvalue weighted by molar-refractivity contribution is 7.99. The normalized spacial score (nSPS) is 16.7. The number of hydrogen-bond acceptors (Lipinski definition) is 2. The Bertz CT molecular complexity index is 684. The minimum atomic E-state index is -8.62. The minimum Gasteiger partial charge on any atom is -0.303 e. The molecular weight excluding hydrogens is 539 g/mol. The molecule has 19 heteroatoms. The summed E-state index contributed by atoms with van der Waals surface area (Å²) in [6.45, 7) is 1.13. The highest BCUT2D eigenvalue weighted by Gasteiger charge is 2.95. The Morgan fingerprint density at radius 2 is 0.939 bits per heavy atom. The molecule has 0 N–H and O–H groups in total. The van der Waals surface area contributed by atoms with Crippen molar-refractivity contribution in [3.8, 4) is 0 Å². The number of alkyl halides is 17. The fraction of sp³-hybridized carbons (Fsp3) is 0.929. The van der Waals surface area contributed by atoms with E-state index in [1.54, 1.807) is 0 Å². The molecule has 0 heterocycles. The molecule has 0 aromatic rings. The lowest BCUT2D eigenvalue weighted by molar-refractivity contribution is -0.461. The molecule has 198 valence electrons. The van der Waals surface area contributed by atoms with Crippen LogP contribution in [-0.4, -0.2) is 64.9 Å². The van der Waals surface area contributed by atoms with Crippen molar-refractivity contribution in [1.29, 1.82) is 0 Å². The predicted molar refractivity (Wildman–Crippen MR) is 77.9 cm³/mol. The maximum atomic E-state index is 13.6. The maximum absolute atomic E-state index is 13.6. The third kappa shape index (κ3) is 4.97. The van der Waals surface area contributed by atoms with Crippen molar-refractivity contribution in [2.75, 3.05) is 5.75 Å². The van der Waals surface area contributed by atoms with Crippen LogP contribution in [0.3, 0.4) is 0 Å². The number of hydrogen-bond donors (Lipinski definition) is 0. The van der Waals surface area contributed by atoms with Gasteiger partial charge in [0.05, 0.1) is 0 Å². The van der Waals surface area contributed by atoms with Gasteiger partial charge in [-0.15, -0.1) is 0 Å². The summed E-state index contributed by atoms with van der Waals surface area (Å²) in [4.78, 5) is 10.2. The number of thioether (sulfide) groups is 1. The first kappa shape index (κ1) is 31.8. The van der Waals surface area contributed by atoms with E-state index in [1.807, 2.05) is 0 Å². The Balaban J connectivity index is 6.29. The van der Waals surface area contributed by atoms with Crippen LogP contribution >= 0.6 is 11.8 Å². The lowest BCUT2D eigenvalue weighted by Gasteiger charge is -2.42. The fourth-order valence-corrected chi connectivity index (χ4v) is 2.94. The minimum absolute atomic E-state index is 0.206. The van der Waals surface area contributed by atoms with Gasteiger partial charge in [-0.05, 0) is 5.75 Å². The van der Waals surface area contributed by atoms with Gasteiger partial charge in [0, 0.05) is 18.1 Å². The Labute approximate surface area is 177 Å². The van der Waals surface area contributed by atoms with Crippen molar-refractivity contribution in [3.63, 3.8) is 0 Å². The zero-order valence-electron chi connectivity index (χ0n) is 15.5. The quantitative estimate of drug-likeness (QED) is 0.191. The molecule has 1 unspecified atom stereocenters. The molecule has 0 saturated heterocycles. The van der Waals surface area contributed by atoms with Gasteiger partial charge in [-0.3, -0.25) is 0 Å². The summed E-state index contributed by atoms with van der Waals surface area (Å²) in [5.41, 5.74) is 0. The predicted octanol–water partition coefficient (Wildman–Crippen LogP) is 7.10. The Hall–Kier alpha value is -1.17. The second-order valence-corrected chi connectivity index (χ2v) is 8.03. The van der Waals surface area contributed by atoms with Crippen molar-refractivity contribution in [1.82, 2.24) is 0 Å². The molecule has 1 nitrogen and oxygen atoms in total. The van der Waals surface area contributed by atoms with Gasteiger partial charge < -0.3 is 4.79 Å². The molecular formula is C14H11F17OS. The lowest BCUT2D eigenvalue weighted by Crippen LogP contribution is -2.74. The molecule has 0 amide bonds. The molecule has 0 spiro atoms. The summed E-state index contributed by atoms with van der Waals surface area (Å²) in [5.74, 6) is -57.4. The SMILES string of the molecule is CC(CC=O)SCCC(F)(F)C(F)(F)C(F)(F)C(F)(F)C(F)(F)C(F)(F)C(F)(F)C(F)(F)F. The van der Waals surface area contributed by atoms with Crippen LogP contribution < -0.4 is 0 Å². The molecule has 0 aromatic heterocycles. The van der Waals surface area contributed by atoms with Crippen LogP contribution in [-0.2, 0) is 4.79 Å². The van der Waals surface area contributed by atoms with Gasteiger partial charge in [0.1, 0.15) is 6.29 Å². The average Bonchev–Trinajstić information content (AvgIpc) is 2.59. The van der Waals surface area contributed by atoms with Crippen molar-refractivity contribution in [2.45, 2.75) is 72.6 Å². The molecule has 0 fully saturated rings. The smallest absolute Gasteiger partial charge is 0.303 e. The van der Waals surface area contributed by atoms with Crippen LogP contribution in [0.2, 0.25) is 0 Å². The van der Waals surface area contributed by atoms with E-state index >= 15 is 0 Å². The van der Waals surface area contributed by atoms with Crippen molar-refractivity contribution in [2.24, 2.45) is 0 Å². The van der Waals surface area contributed by atoms with Gasteiger partial charge in [0.25, 0.3) is 0 Å². The van der Waals surface area contributed by atoms with Crippen molar-refractivity contribution >= 4 is 18.0 Å². The third-order valence-corrected chi connectivity index (χ3v) is 5.23. The van der Waals surface area contributed by atoms with Crippen LogP contribution in [0.4, 0.5) is 74.6 Å². The monoisotopic (exact) mass is 550 g/mol. The fourth-order valence-electron chi connectivity index (χ4n) is 1.95. The van der Waals surface area contributed by atoms with Crippen LogP contribution in [0.1, 0.15) is 19.8 Å². The summed E-state index contributed by atoms with van der Waals surface area (Å²) < 4.78 is 222. The van der Waals surface area contributed by atoms with Gasteiger partial charge in [-0.25, -0.2) is 0 Å². The van der Waals surface area contributed by atoms with E-state index in [9.17, 15) is 79.4 Å². The molecule has 0 aliphatic heterocycles. The van der Waals surface area contributed by atoms with E-state index in [0.717, 1.165) is 6.92 Å². The Kier molecular flexibility index (Phi) is 8.80. The highest BCUT2D eigenvalue weighted by Crippen LogP contribution is 2.64. The van der Waals surface area contributed by atoms with E-state index in [0.29, 0.717) is 0 Å². The summed E-state index contributed by atoms with van der Waals surface area (Å²) in [7, 11) is 0. The van der Waals surface area contributed by atoms with E-state index in [-0.39, 0.29) is 18.0 Å². The molecule has 0 aliphatic rings. The topological polar surface area (TPSA) is 17.1 Å². The summed E-state index contributed by atoms with van der Waals surface area (Å²) in [6, 6.07) is 0. The number of rotatable bonds is 12. The molecule has 0 rings (SSSR count). The summed E-state index contributed by atoms with van der Waals surface area (Å²) in [5, 5.41) is -0.915. The van der Waals surface area contributed by atoms with Gasteiger partial charge in [-0.1, -0.05) is 6.92 Å². The highest BCUT2D eigenvalue weighted by atomic mass is 32.2. The van der Waals surface area contributed by atoms with Crippen LogP contribution in [0.25, 0.3) is 0 Å². The number of halogens is 17. The van der Waals surface area contributed by atoms with Crippen molar-refractivity contribution in [3.05, 3.63) is 0 Å². The lowest BCUT2D eigenvalue weighted by atomic mass is 9.88. The Morgan fingerprint density at radius 1 is 0.606 bits per heavy atom. The van der Waals surface area contributed by atoms with Gasteiger partial charge in [0.2, 0.25) is 0 Å². The Morgan fingerprint density at radius 3 is 1.27 bits per heavy atom. The first-order valence-electron chi connectivity index (χ1n) is 7.97. The first-order valence-corrected chi connectivity index (χ1v) is 9.02. The summed E-state index contributed by atoms with van der Waals surface area (Å²) in [6.07, 6.45) is -10.5. The molecule has 33 heavy (non-hydrogen) atoms. The van der Waals surface area contributed by atoms with E-state index in [1.165, 1.54) is 0 Å². The van der Waals surface area contributed by atoms with Crippen LogP contribution in [0.15, 0.2) is 0 Å². The summed E-state index contributed by atoms with van der Waals surface area (Å²) >= 11 is 0.209. The molecule has 0 aliphatic carbocycles. The van der Waals surface area contributed by atoms with Crippen LogP contribution in [0.5, 0.6) is 0 Å². The molecule has 0 radical (unpaired) electrons. The second-order valence-electron chi connectivity index (χ2n) is 6.48. The number of aldehydes is 1. The molecule has 1 atom stereocenters. The van der Waals surface area contributed by atoms with Crippen molar-refractivity contribution < 1.29 is 79.4 Å². The molecule has 0 bridgehead atoms. The first-order chi connectivity index (χ1) is 14.2. The molecule has 0 aromatic carbocycles. The van der Waals surface area contributed by atoms with Crippen LogP contribution in [0, 0.1) is 0 Å². The van der Waals surface area contributed by atoms with Gasteiger partial charge in [-0.2, -0.15) is 86.4 Å². The zero-order valence-corrected chi connectivity index (χ0v) is 16.3. The number of carbonyl (C=O) groups is 1. The average molecular weight is 550 g/mol.